The Kier molecular flexibility index (Phi) is 2.90. The first-order chi connectivity index (χ1) is 5.95. The predicted octanol–water partition coefficient (Wildman–Crippen LogP) is -0.784. The van der Waals surface area contributed by atoms with Crippen LogP contribution in [0, 0.1) is 5.92 Å². The van der Waals surface area contributed by atoms with Crippen LogP contribution in [0.5, 0.6) is 0 Å². The maximum Gasteiger partial charge on any atom is 0.335 e. The van der Waals surface area contributed by atoms with Gasteiger partial charge in [0, 0.05) is 5.92 Å². The van der Waals surface area contributed by atoms with E-state index in [0.717, 1.165) is 0 Å². The van der Waals surface area contributed by atoms with Crippen molar-refractivity contribution in [1.82, 2.24) is 0 Å². The van der Waals surface area contributed by atoms with Gasteiger partial charge in [0.05, 0.1) is 12.2 Å². The third-order valence-electron chi connectivity index (χ3n) is 2.54. The Morgan fingerprint density at radius 1 is 1.23 bits per heavy atom. The molecule has 76 valence electrons. The topological polar surface area (TPSA) is 87.0 Å². The summed E-state index contributed by atoms with van der Waals surface area (Å²) in [5.41, 5.74) is 0. The molecule has 0 aromatic rings. The van der Waals surface area contributed by atoms with Crippen LogP contribution in [0.4, 0.5) is 0 Å². The number of ether oxygens (including phenoxy) is 1. The summed E-state index contributed by atoms with van der Waals surface area (Å²) >= 11 is 0. The van der Waals surface area contributed by atoms with E-state index < -0.39 is 24.3 Å². The van der Waals surface area contributed by atoms with Crippen molar-refractivity contribution in [2.75, 3.05) is 0 Å². The molecule has 5 atom stereocenters. The SMILES string of the molecule is C[C@@H]1C(O)[C@H](O)C(C(=O)O)O[C@@H]1C. The fraction of sp³-hybridized carbons (Fsp3) is 0.875. The van der Waals surface area contributed by atoms with E-state index >= 15 is 0 Å². The van der Waals surface area contributed by atoms with Gasteiger partial charge in [0.25, 0.3) is 0 Å². The van der Waals surface area contributed by atoms with Crippen molar-refractivity contribution < 1.29 is 24.9 Å². The molecule has 0 amide bonds. The smallest absolute Gasteiger partial charge is 0.335 e. The maximum absolute atomic E-state index is 10.6. The monoisotopic (exact) mass is 190 g/mol. The quantitative estimate of drug-likeness (QED) is 0.504. The van der Waals surface area contributed by atoms with E-state index in [-0.39, 0.29) is 12.0 Å². The van der Waals surface area contributed by atoms with E-state index in [1.54, 1.807) is 13.8 Å². The third kappa shape index (κ3) is 1.82. The molecule has 0 spiro atoms. The molecule has 1 rings (SSSR count). The number of carboxylic acid groups (broad SMARTS) is 1. The second-order valence-corrected chi connectivity index (χ2v) is 3.44. The van der Waals surface area contributed by atoms with Crippen molar-refractivity contribution in [1.29, 1.82) is 0 Å². The molecule has 5 nitrogen and oxygen atoms in total. The minimum absolute atomic E-state index is 0.259. The molecule has 2 unspecified atom stereocenters. The van der Waals surface area contributed by atoms with Gasteiger partial charge in [0.15, 0.2) is 6.10 Å². The molecule has 13 heavy (non-hydrogen) atoms. The molecular formula is C8H14O5. The Morgan fingerprint density at radius 2 is 1.77 bits per heavy atom. The zero-order valence-corrected chi connectivity index (χ0v) is 7.54. The van der Waals surface area contributed by atoms with Crippen LogP contribution in [0.25, 0.3) is 0 Å². The Morgan fingerprint density at radius 3 is 2.23 bits per heavy atom. The average Bonchev–Trinajstić information content (AvgIpc) is 2.07. The van der Waals surface area contributed by atoms with Crippen molar-refractivity contribution in [3.8, 4) is 0 Å². The Hall–Kier alpha value is -0.650. The highest BCUT2D eigenvalue weighted by Crippen LogP contribution is 2.25. The molecule has 0 radical (unpaired) electrons. The lowest BCUT2D eigenvalue weighted by atomic mass is 9.89. The number of aliphatic hydroxyl groups excluding tert-OH is 2. The molecule has 0 aromatic carbocycles. The van der Waals surface area contributed by atoms with Crippen LogP contribution < -0.4 is 0 Å². The second kappa shape index (κ2) is 3.61. The first kappa shape index (κ1) is 10.4. The van der Waals surface area contributed by atoms with E-state index in [2.05, 4.69) is 0 Å². The van der Waals surface area contributed by atoms with Gasteiger partial charge in [-0.1, -0.05) is 6.92 Å². The van der Waals surface area contributed by atoms with Crippen LogP contribution in [0.3, 0.4) is 0 Å². The number of hydrogen-bond acceptors (Lipinski definition) is 4. The van der Waals surface area contributed by atoms with Crippen LogP contribution in [-0.4, -0.2) is 45.7 Å². The van der Waals surface area contributed by atoms with Crippen molar-refractivity contribution in [2.45, 2.75) is 38.3 Å². The fourth-order valence-electron chi connectivity index (χ4n) is 1.41. The minimum atomic E-state index is -1.34. The summed E-state index contributed by atoms with van der Waals surface area (Å²) in [4.78, 5) is 10.6. The van der Waals surface area contributed by atoms with Crippen LogP contribution >= 0.6 is 0 Å². The van der Waals surface area contributed by atoms with Gasteiger partial charge in [-0.3, -0.25) is 0 Å². The van der Waals surface area contributed by atoms with Gasteiger partial charge in [0.1, 0.15) is 6.10 Å². The Balaban J connectivity index is 2.76. The normalized spacial score (nSPS) is 46.0. The lowest BCUT2D eigenvalue weighted by Gasteiger charge is -2.38. The molecule has 1 saturated heterocycles. The summed E-state index contributed by atoms with van der Waals surface area (Å²) in [7, 11) is 0. The van der Waals surface area contributed by atoms with Gasteiger partial charge >= 0.3 is 5.97 Å². The Bertz CT molecular complexity index is 205. The predicted molar refractivity (Wildman–Crippen MR) is 43.1 cm³/mol. The standard InChI is InChI=1S/C8H14O5/c1-3-4(2)13-7(8(11)12)6(10)5(3)9/h3-7,9-10H,1-2H3,(H,11,12)/t3-,4+,5?,6-,7?/m0/s1. The van der Waals surface area contributed by atoms with E-state index in [1.807, 2.05) is 0 Å². The first-order valence-electron chi connectivity index (χ1n) is 4.19. The molecule has 0 aromatic heterocycles. The highest BCUT2D eigenvalue weighted by molar-refractivity contribution is 5.73. The zero-order valence-electron chi connectivity index (χ0n) is 7.54. The summed E-state index contributed by atoms with van der Waals surface area (Å²) in [6, 6.07) is 0. The fourth-order valence-corrected chi connectivity index (χ4v) is 1.41. The van der Waals surface area contributed by atoms with Gasteiger partial charge < -0.3 is 20.1 Å². The van der Waals surface area contributed by atoms with Crippen LogP contribution in [0.1, 0.15) is 13.8 Å². The van der Waals surface area contributed by atoms with E-state index in [9.17, 15) is 15.0 Å². The summed E-state index contributed by atoms with van der Waals surface area (Å²) < 4.78 is 5.03. The summed E-state index contributed by atoms with van der Waals surface area (Å²) in [6.07, 6.45) is -4.06. The largest absolute Gasteiger partial charge is 0.479 e. The van der Waals surface area contributed by atoms with Gasteiger partial charge in [-0.15, -0.1) is 0 Å². The number of carbonyl (C=O) groups is 1. The van der Waals surface area contributed by atoms with Crippen LogP contribution in [-0.2, 0) is 9.53 Å². The summed E-state index contributed by atoms with van der Waals surface area (Å²) in [6.45, 7) is 3.38. The highest BCUT2D eigenvalue weighted by Gasteiger charge is 2.43. The van der Waals surface area contributed by atoms with Gasteiger partial charge in [-0.2, -0.15) is 0 Å². The van der Waals surface area contributed by atoms with Gasteiger partial charge in [-0.25, -0.2) is 4.79 Å². The second-order valence-electron chi connectivity index (χ2n) is 3.44. The molecule has 3 N–H and O–H groups in total. The third-order valence-corrected chi connectivity index (χ3v) is 2.54. The van der Waals surface area contributed by atoms with Crippen molar-refractivity contribution in [2.24, 2.45) is 5.92 Å². The highest BCUT2D eigenvalue weighted by atomic mass is 16.5. The van der Waals surface area contributed by atoms with Crippen LogP contribution in [0.2, 0.25) is 0 Å². The van der Waals surface area contributed by atoms with E-state index in [1.165, 1.54) is 0 Å². The first-order valence-corrected chi connectivity index (χ1v) is 4.19. The van der Waals surface area contributed by atoms with Crippen molar-refractivity contribution in [3.63, 3.8) is 0 Å². The lowest BCUT2D eigenvalue weighted by molar-refractivity contribution is -0.206. The lowest BCUT2D eigenvalue weighted by Crippen LogP contribution is -2.55. The molecule has 1 heterocycles. The number of carboxylic acids is 1. The molecule has 5 heteroatoms. The Labute approximate surface area is 75.9 Å². The molecule has 1 fully saturated rings. The maximum atomic E-state index is 10.6. The van der Waals surface area contributed by atoms with Gasteiger partial charge in [0.2, 0.25) is 0 Å². The number of aliphatic carboxylic acids is 1. The zero-order chi connectivity index (χ0) is 10.2. The molecule has 0 saturated carbocycles. The van der Waals surface area contributed by atoms with Crippen molar-refractivity contribution in [3.05, 3.63) is 0 Å². The van der Waals surface area contributed by atoms with Gasteiger partial charge in [-0.05, 0) is 6.92 Å². The number of rotatable bonds is 1. The minimum Gasteiger partial charge on any atom is -0.479 e. The van der Waals surface area contributed by atoms with Crippen LogP contribution in [0.15, 0.2) is 0 Å². The number of hydrogen-bond donors (Lipinski definition) is 3. The average molecular weight is 190 g/mol. The summed E-state index contributed by atoms with van der Waals surface area (Å²) in [5, 5.41) is 27.4. The van der Waals surface area contributed by atoms with E-state index in [0.29, 0.717) is 0 Å². The molecule has 1 aliphatic heterocycles. The number of aliphatic hydroxyl groups is 2. The van der Waals surface area contributed by atoms with Crippen molar-refractivity contribution >= 4 is 5.97 Å². The van der Waals surface area contributed by atoms with E-state index in [4.69, 9.17) is 9.84 Å². The molecule has 0 bridgehead atoms. The summed E-state index contributed by atoms with van der Waals surface area (Å²) in [5.74, 6) is -1.50. The molecule has 1 aliphatic rings. The molecular weight excluding hydrogens is 176 g/mol. The molecule has 0 aliphatic carbocycles.